The molecule has 3 heteroatoms. The molecule has 0 N–H and O–H groups in total. The number of hydrogen-bond acceptors (Lipinski definition) is 2. The van der Waals surface area contributed by atoms with E-state index in [4.69, 9.17) is 4.74 Å². The summed E-state index contributed by atoms with van der Waals surface area (Å²) < 4.78 is 19.4. The Kier molecular flexibility index (Phi) is 9.87. The first-order valence-corrected chi connectivity index (χ1v) is 13.1. The third-order valence-electron chi connectivity index (χ3n) is 7.95. The molecule has 0 atom stereocenters. The van der Waals surface area contributed by atoms with E-state index in [1.807, 2.05) is 6.92 Å². The molecule has 0 aliphatic heterocycles. The van der Waals surface area contributed by atoms with Crippen molar-refractivity contribution in [3.8, 4) is 5.75 Å². The Morgan fingerprint density at radius 3 is 2.06 bits per heavy atom. The van der Waals surface area contributed by atoms with Crippen molar-refractivity contribution in [1.29, 1.82) is 0 Å². The average molecular weight is 431 g/mol. The molecule has 0 aromatic heterocycles. The number of esters is 1. The van der Waals surface area contributed by atoms with Crippen LogP contribution in [-0.4, -0.2) is 5.97 Å². The summed E-state index contributed by atoms with van der Waals surface area (Å²) in [4.78, 5) is 12.2. The Morgan fingerprint density at radius 2 is 1.52 bits per heavy atom. The molecule has 1 aromatic rings. The van der Waals surface area contributed by atoms with Crippen LogP contribution in [0.1, 0.15) is 109 Å². The Balaban J connectivity index is 1.33. The number of halogens is 1. The molecule has 2 nitrogen and oxygen atoms in total. The second-order valence-corrected chi connectivity index (χ2v) is 10.2. The summed E-state index contributed by atoms with van der Waals surface area (Å²) in [5, 5.41) is 0. The minimum Gasteiger partial charge on any atom is -0.426 e. The Bertz CT molecular complexity index is 670. The molecule has 0 spiro atoms. The molecule has 0 amide bonds. The van der Waals surface area contributed by atoms with Gasteiger partial charge in [-0.2, -0.15) is 0 Å². The molecule has 0 radical (unpaired) electrons. The van der Waals surface area contributed by atoms with Gasteiger partial charge >= 0.3 is 5.97 Å². The molecule has 2 fully saturated rings. The normalized spacial score (nSPS) is 26.5. The van der Waals surface area contributed by atoms with E-state index in [1.165, 1.54) is 76.7 Å². The SMILES string of the molecule is CCCC[C@H]1CC[C@H](C2CCC(CCC(=O)Oc3ccc(CCC)c(F)c3)CC2)CC1. The largest absolute Gasteiger partial charge is 0.426 e. The minimum atomic E-state index is -0.273. The van der Waals surface area contributed by atoms with Crippen molar-refractivity contribution in [3.63, 3.8) is 0 Å². The first-order valence-electron chi connectivity index (χ1n) is 13.1. The van der Waals surface area contributed by atoms with Crippen LogP contribution in [0.4, 0.5) is 4.39 Å². The first kappa shape index (κ1) is 24.3. The lowest BCUT2D eigenvalue weighted by Gasteiger charge is -2.38. The lowest BCUT2D eigenvalue weighted by atomic mass is 9.68. The van der Waals surface area contributed by atoms with Crippen LogP contribution < -0.4 is 4.74 Å². The average Bonchev–Trinajstić information content (AvgIpc) is 2.79. The van der Waals surface area contributed by atoms with Crippen LogP contribution >= 0.6 is 0 Å². The van der Waals surface area contributed by atoms with E-state index in [-0.39, 0.29) is 11.8 Å². The Hall–Kier alpha value is -1.38. The smallest absolute Gasteiger partial charge is 0.311 e. The van der Waals surface area contributed by atoms with Crippen LogP contribution in [-0.2, 0) is 11.2 Å². The van der Waals surface area contributed by atoms with Gasteiger partial charge in [0.05, 0.1) is 0 Å². The van der Waals surface area contributed by atoms with Crippen molar-refractivity contribution in [3.05, 3.63) is 29.6 Å². The fourth-order valence-electron chi connectivity index (χ4n) is 5.96. The third kappa shape index (κ3) is 7.61. The van der Waals surface area contributed by atoms with E-state index >= 15 is 0 Å². The third-order valence-corrected chi connectivity index (χ3v) is 7.95. The monoisotopic (exact) mass is 430 g/mol. The van der Waals surface area contributed by atoms with Gasteiger partial charge in [-0.25, -0.2) is 4.39 Å². The maximum absolute atomic E-state index is 14.0. The Labute approximate surface area is 189 Å². The predicted octanol–water partition coefficient (Wildman–Crippen LogP) is 8.27. The molecule has 0 saturated heterocycles. The van der Waals surface area contributed by atoms with Crippen molar-refractivity contribution in [2.24, 2.45) is 23.7 Å². The number of hydrogen-bond donors (Lipinski definition) is 0. The summed E-state index contributed by atoms with van der Waals surface area (Å²) in [6.07, 6.45) is 18.1. The number of ether oxygens (including phenoxy) is 1. The fourth-order valence-corrected chi connectivity index (χ4v) is 5.96. The molecule has 2 aliphatic rings. The van der Waals surface area contributed by atoms with Crippen LogP contribution in [0.2, 0.25) is 0 Å². The lowest BCUT2D eigenvalue weighted by Crippen LogP contribution is -2.26. The molecule has 174 valence electrons. The minimum absolute atomic E-state index is 0.227. The fraction of sp³-hybridized carbons (Fsp3) is 0.750. The molecule has 2 saturated carbocycles. The molecular weight excluding hydrogens is 387 g/mol. The van der Waals surface area contributed by atoms with E-state index < -0.39 is 0 Å². The summed E-state index contributed by atoms with van der Waals surface area (Å²) in [6.45, 7) is 4.33. The summed E-state index contributed by atoms with van der Waals surface area (Å²) in [7, 11) is 0. The first-order chi connectivity index (χ1) is 15.1. The molecular formula is C28H43FO2. The second-order valence-electron chi connectivity index (χ2n) is 10.2. The van der Waals surface area contributed by atoms with Gasteiger partial charge < -0.3 is 4.74 Å². The van der Waals surface area contributed by atoms with Gasteiger partial charge in [0.1, 0.15) is 11.6 Å². The molecule has 0 bridgehead atoms. The highest BCUT2D eigenvalue weighted by atomic mass is 19.1. The van der Waals surface area contributed by atoms with E-state index in [9.17, 15) is 9.18 Å². The van der Waals surface area contributed by atoms with Crippen molar-refractivity contribution >= 4 is 5.97 Å². The van der Waals surface area contributed by atoms with Gasteiger partial charge in [0.25, 0.3) is 0 Å². The summed E-state index contributed by atoms with van der Waals surface area (Å²) in [5.74, 6) is 3.35. The highest BCUT2D eigenvalue weighted by Gasteiger charge is 2.30. The zero-order valence-corrected chi connectivity index (χ0v) is 19.8. The van der Waals surface area contributed by atoms with E-state index in [1.54, 1.807) is 12.1 Å². The van der Waals surface area contributed by atoms with E-state index in [2.05, 4.69) is 6.92 Å². The highest BCUT2D eigenvalue weighted by molar-refractivity contribution is 5.72. The topological polar surface area (TPSA) is 26.3 Å². The summed E-state index contributed by atoms with van der Waals surface area (Å²) >= 11 is 0. The molecule has 31 heavy (non-hydrogen) atoms. The number of unbranched alkanes of at least 4 members (excludes halogenated alkanes) is 1. The van der Waals surface area contributed by atoms with E-state index in [0.29, 0.717) is 30.1 Å². The van der Waals surface area contributed by atoms with Gasteiger partial charge in [0.2, 0.25) is 0 Å². The molecule has 3 rings (SSSR count). The van der Waals surface area contributed by atoms with Gasteiger partial charge in [-0.05, 0) is 73.8 Å². The quantitative estimate of drug-likeness (QED) is 0.276. The zero-order chi connectivity index (χ0) is 22.1. The van der Waals surface area contributed by atoms with Crippen LogP contribution in [0.5, 0.6) is 5.75 Å². The van der Waals surface area contributed by atoms with Crippen LogP contribution in [0.15, 0.2) is 18.2 Å². The van der Waals surface area contributed by atoms with Crippen LogP contribution in [0, 0.1) is 29.5 Å². The van der Waals surface area contributed by atoms with Crippen molar-refractivity contribution in [1.82, 2.24) is 0 Å². The standard InChI is InChI=1S/C28H43FO2/c1-3-5-7-21-8-13-23(14-9-21)24-15-10-22(11-16-24)12-19-28(30)31-26-18-17-25(6-4-2)27(29)20-26/h17-18,20-24H,3-16,19H2,1-2H3/t21-,22?,23-,24?. The maximum Gasteiger partial charge on any atom is 0.311 e. The Morgan fingerprint density at radius 1 is 0.903 bits per heavy atom. The van der Waals surface area contributed by atoms with Gasteiger partial charge in [0.15, 0.2) is 0 Å². The summed E-state index contributed by atoms with van der Waals surface area (Å²) in [6, 6.07) is 4.80. The second kappa shape index (κ2) is 12.6. The summed E-state index contributed by atoms with van der Waals surface area (Å²) in [5.41, 5.74) is 0.688. The van der Waals surface area contributed by atoms with E-state index in [0.717, 1.165) is 30.6 Å². The van der Waals surface area contributed by atoms with Crippen molar-refractivity contribution in [2.45, 2.75) is 110 Å². The lowest BCUT2D eigenvalue weighted by molar-refractivity contribution is -0.134. The van der Waals surface area contributed by atoms with Gasteiger partial charge in [-0.1, -0.05) is 71.3 Å². The van der Waals surface area contributed by atoms with Gasteiger partial charge in [-0.15, -0.1) is 0 Å². The van der Waals surface area contributed by atoms with Crippen molar-refractivity contribution < 1.29 is 13.9 Å². The number of carbonyl (C=O) groups is 1. The van der Waals surface area contributed by atoms with Crippen molar-refractivity contribution in [2.75, 3.05) is 0 Å². The number of aryl methyl sites for hydroxylation is 1. The number of carbonyl (C=O) groups excluding carboxylic acids is 1. The zero-order valence-electron chi connectivity index (χ0n) is 19.8. The molecule has 0 heterocycles. The van der Waals surface area contributed by atoms with Gasteiger partial charge in [-0.3, -0.25) is 4.79 Å². The highest BCUT2D eigenvalue weighted by Crippen LogP contribution is 2.43. The number of benzene rings is 1. The molecule has 0 unspecified atom stereocenters. The van der Waals surface area contributed by atoms with Crippen LogP contribution in [0.3, 0.4) is 0 Å². The van der Waals surface area contributed by atoms with Crippen LogP contribution in [0.25, 0.3) is 0 Å². The predicted molar refractivity (Wildman–Crippen MR) is 126 cm³/mol. The number of rotatable bonds is 10. The molecule has 2 aliphatic carbocycles. The van der Waals surface area contributed by atoms with Gasteiger partial charge in [0, 0.05) is 12.5 Å². The molecule has 1 aromatic carbocycles. The maximum atomic E-state index is 14.0.